The second-order valence-electron chi connectivity index (χ2n) is 8.88. The Bertz CT molecular complexity index is 886. The zero-order chi connectivity index (χ0) is 21.9. The Morgan fingerprint density at radius 2 is 1.07 bits per heavy atom. The largest absolute Gasteiger partial charge is 0.415 e. The third-order valence-corrected chi connectivity index (χ3v) is 10.8. The molecule has 2 nitrogen and oxygen atoms in total. The predicted molar refractivity (Wildman–Crippen MR) is 136 cm³/mol. The maximum Gasteiger partial charge on any atom is 0.295 e. The van der Waals surface area contributed by atoms with Gasteiger partial charge in [0.2, 0.25) is 0 Å². The van der Waals surface area contributed by atoms with Crippen molar-refractivity contribution in [1.82, 2.24) is 0 Å². The highest BCUT2D eigenvalue weighted by Gasteiger charge is 2.38. The second-order valence-corrected chi connectivity index (χ2v) is 14.8. The molecule has 158 valence electrons. The summed E-state index contributed by atoms with van der Waals surface area (Å²) in [5.74, 6) is 0.752. The van der Waals surface area contributed by atoms with E-state index >= 15 is 0 Å². The van der Waals surface area contributed by atoms with Crippen LogP contribution in [0.5, 0.6) is 0 Å². The van der Waals surface area contributed by atoms with E-state index in [1.807, 2.05) is 0 Å². The van der Waals surface area contributed by atoms with Gasteiger partial charge in [0, 0.05) is 13.8 Å². The average molecular weight is 436 g/mol. The van der Waals surface area contributed by atoms with Crippen molar-refractivity contribution in [2.24, 2.45) is 0 Å². The normalized spacial score (nSPS) is 12.1. The first-order chi connectivity index (χ1) is 14.2. The molecule has 0 atom stereocenters. The molecule has 0 aromatic heterocycles. The summed E-state index contributed by atoms with van der Waals surface area (Å²) in [4.78, 5) is 11.7. The molecule has 4 heteroatoms. The van der Waals surface area contributed by atoms with E-state index in [2.05, 4.69) is 124 Å². The Morgan fingerprint density at radius 1 is 0.667 bits per heavy atom. The molecule has 0 bridgehead atoms. The fourth-order valence-electron chi connectivity index (χ4n) is 3.89. The number of benzene rings is 3. The first-order valence-corrected chi connectivity index (χ1v) is 15.0. The van der Waals surface area contributed by atoms with E-state index in [9.17, 15) is 4.80 Å². The summed E-state index contributed by atoms with van der Waals surface area (Å²) in [6.07, 6.45) is 0. The van der Waals surface area contributed by atoms with Crippen LogP contribution in [0, 0.1) is 0 Å². The minimum Gasteiger partial charge on any atom is -0.415 e. The number of hydrogen-bond donors (Lipinski definition) is 1. The van der Waals surface area contributed by atoms with E-state index in [-0.39, 0.29) is 0 Å². The minimum atomic E-state index is -2.75. The van der Waals surface area contributed by atoms with Gasteiger partial charge in [-0.15, -0.1) is 0 Å². The van der Waals surface area contributed by atoms with Crippen LogP contribution in [0.2, 0.25) is 13.1 Å². The first kappa shape index (κ1) is 22.7. The van der Waals surface area contributed by atoms with E-state index < -0.39 is 16.6 Å². The molecular formula is C26H34NOPSi. The smallest absolute Gasteiger partial charge is 0.295 e. The van der Waals surface area contributed by atoms with Gasteiger partial charge in [0.1, 0.15) is 0 Å². The van der Waals surface area contributed by atoms with Crippen LogP contribution in [0.4, 0.5) is 5.69 Å². The van der Waals surface area contributed by atoms with Gasteiger partial charge < -0.3 is 9.13 Å². The van der Waals surface area contributed by atoms with Crippen LogP contribution in [-0.2, 0) is 0 Å². The molecule has 1 N–H and O–H groups in total. The maximum absolute atomic E-state index is 11.7. The molecule has 0 fully saturated rings. The van der Waals surface area contributed by atoms with Crippen molar-refractivity contribution >= 4 is 32.8 Å². The van der Waals surface area contributed by atoms with Crippen molar-refractivity contribution < 1.29 is 4.80 Å². The van der Waals surface area contributed by atoms with Crippen molar-refractivity contribution in [3.05, 3.63) is 90.0 Å². The van der Waals surface area contributed by atoms with Crippen molar-refractivity contribution in [1.29, 1.82) is 0 Å². The topological polar surface area (TPSA) is 23.5 Å². The fraction of sp³-hybridized carbons (Fsp3) is 0.308. The van der Waals surface area contributed by atoms with E-state index in [4.69, 9.17) is 0 Å². The molecule has 0 heterocycles. The van der Waals surface area contributed by atoms with E-state index in [1.165, 1.54) is 27.4 Å². The Kier molecular flexibility index (Phi) is 7.18. The van der Waals surface area contributed by atoms with Crippen LogP contribution < -0.4 is 14.9 Å². The third-order valence-electron chi connectivity index (χ3n) is 5.27. The molecule has 0 aliphatic rings. The Labute approximate surface area is 184 Å². The molecule has 0 radical (unpaired) electrons. The molecule has 30 heavy (non-hydrogen) atoms. The van der Waals surface area contributed by atoms with Crippen LogP contribution in [0.15, 0.2) is 78.9 Å². The molecule has 3 rings (SSSR count). The summed E-state index contributed by atoms with van der Waals surface area (Å²) >= 11 is 0. The van der Waals surface area contributed by atoms with Crippen LogP contribution in [0.1, 0.15) is 50.7 Å². The highest BCUT2D eigenvalue weighted by Crippen LogP contribution is 2.50. The van der Waals surface area contributed by atoms with Gasteiger partial charge in [0.15, 0.2) is 0 Å². The number of anilines is 1. The predicted octanol–water partition coefficient (Wildman–Crippen LogP) is 6.48. The molecule has 0 aliphatic carbocycles. The molecule has 3 aromatic rings. The molecular weight excluding hydrogens is 401 g/mol. The van der Waals surface area contributed by atoms with Gasteiger partial charge in [-0.25, -0.2) is 0 Å². The number of para-hydroxylation sites is 1. The van der Waals surface area contributed by atoms with Crippen molar-refractivity contribution in [2.75, 3.05) is 4.34 Å². The molecule has 0 saturated carbocycles. The summed E-state index contributed by atoms with van der Waals surface area (Å²) in [5.41, 5.74) is 3.87. The lowest BCUT2D eigenvalue weighted by atomic mass is 9.93. The quantitative estimate of drug-likeness (QED) is 0.339. The zero-order valence-corrected chi connectivity index (χ0v) is 20.9. The molecule has 0 spiro atoms. The standard InChI is InChI=1S/C26H34NOPSi/c1-20(2)24-18-13-19-25(21(3)4)26(24)27(30(5,6)28)29(22-14-9-7-10-15-22)23-16-11-8-12-17-23/h7-21,28H,1-6H3. The molecule has 0 aliphatic heterocycles. The van der Waals surface area contributed by atoms with Gasteiger partial charge in [0.05, 0.1) is 0 Å². The summed E-state index contributed by atoms with van der Waals surface area (Å²) < 4.78 is 2.43. The Hall–Kier alpha value is -1.93. The SMILES string of the molecule is CC(C)c1cccc(C(C)C)c1N(P(c1ccccc1)c1ccccc1)[Si](C)(C)O. The van der Waals surface area contributed by atoms with Gasteiger partial charge in [0.25, 0.3) is 8.48 Å². The molecule has 3 aromatic carbocycles. The van der Waals surface area contributed by atoms with Crippen molar-refractivity contribution in [2.45, 2.75) is 52.6 Å². The summed E-state index contributed by atoms with van der Waals surface area (Å²) in [6, 6.07) is 28.0. The van der Waals surface area contributed by atoms with Crippen LogP contribution in [0.25, 0.3) is 0 Å². The molecule has 0 unspecified atom stereocenters. The van der Waals surface area contributed by atoms with Gasteiger partial charge >= 0.3 is 0 Å². The summed E-state index contributed by atoms with van der Waals surface area (Å²) in [6.45, 7) is 13.1. The lowest BCUT2D eigenvalue weighted by Crippen LogP contribution is -2.50. The first-order valence-electron chi connectivity index (χ1n) is 10.8. The number of rotatable bonds is 7. The maximum atomic E-state index is 11.7. The van der Waals surface area contributed by atoms with E-state index in [0.717, 1.165) is 0 Å². The average Bonchev–Trinajstić information content (AvgIpc) is 2.71. The zero-order valence-electron chi connectivity index (χ0n) is 19.0. The van der Waals surface area contributed by atoms with Gasteiger partial charge in [-0.2, -0.15) is 0 Å². The molecule has 0 amide bonds. The second kappa shape index (κ2) is 9.47. The lowest BCUT2D eigenvalue weighted by molar-refractivity contribution is 0.553. The monoisotopic (exact) mass is 435 g/mol. The van der Waals surface area contributed by atoms with Crippen LogP contribution >= 0.6 is 8.07 Å². The summed E-state index contributed by atoms with van der Waals surface area (Å²) in [5, 5.41) is 2.53. The van der Waals surface area contributed by atoms with E-state index in [1.54, 1.807) is 0 Å². The highest BCUT2D eigenvalue weighted by atomic mass is 31.1. The van der Waals surface area contributed by atoms with Gasteiger partial charge in [-0.1, -0.05) is 107 Å². The fourth-order valence-corrected chi connectivity index (χ4v) is 9.45. The third kappa shape index (κ3) is 4.86. The lowest BCUT2D eigenvalue weighted by Gasteiger charge is -2.44. The highest BCUT2D eigenvalue weighted by molar-refractivity contribution is 7.76. The van der Waals surface area contributed by atoms with E-state index in [0.29, 0.717) is 11.8 Å². The minimum absolute atomic E-state index is 0.376. The Balaban J connectivity index is 2.36. The number of nitrogens with zero attached hydrogens (tertiary/aromatic N) is 1. The van der Waals surface area contributed by atoms with Crippen molar-refractivity contribution in [3.8, 4) is 0 Å². The molecule has 0 saturated heterocycles. The van der Waals surface area contributed by atoms with Crippen LogP contribution in [0.3, 0.4) is 0 Å². The van der Waals surface area contributed by atoms with Gasteiger partial charge in [-0.3, -0.25) is 0 Å². The Morgan fingerprint density at radius 3 is 1.40 bits per heavy atom. The van der Waals surface area contributed by atoms with Gasteiger partial charge in [-0.05, 0) is 46.7 Å². The van der Waals surface area contributed by atoms with Crippen molar-refractivity contribution in [3.63, 3.8) is 0 Å². The number of hydrogen-bond acceptors (Lipinski definition) is 2. The summed E-state index contributed by atoms with van der Waals surface area (Å²) in [7, 11) is -3.66. The van der Waals surface area contributed by atoms with Crippen LogP contribution in [-0.4, -0.2) is 13.3 Å².